The Balaban J connectivity index is 1.40. The first-order valence-electron chi connectivity index (χ1n) is 10.3. The molecule has 0 spiro atoms. The van der Waals surface area contributed by atoms with E-state index in [9.17, 15) is 34.5 Å². The highest BCUT2D eigenvalue weighted by atomic mass is 32.2. The van der Waals surface area contributed by atoms with Gasteiger partial charge in [0.15, 0.2) is 5.13 Å². The van der Waals surface area contributed by atoms with Crippen LogP contribution in [0.2, 0.25) is 0 Å². The number of thioether (sulfide) groups is 1. The average Bonchev–Trinajstić information content (AvgIpc) is 3.25. The van der Waals surface area contributed by atoms with Gasteiger partial charge in [0.2, 0.25) is 5.91 Å². The predicted octanol–water partition coefficient (Wildman–Crippen LogP) is -2.29. The molecule has 0 bridgehead atoms. The van der Waals surface area contributed by atoms with Gasteiger partial charge in [-0.3, -0.25) is 9.59 Å². The maximum absolute atomic E-state index is 12.4. The van der Waals surface area contributed by atoms with Crippen molar-refractivity contribution in [2.75, 3.05) is 31.6 Å². The van der Waals surface area contributed by atoms with Crippen LogP contribution in [0.1, 0.15) is 24.3 Å². The Morgan fingerprint density at radius 2 is 2.03 bits per heavy atom. The lowest BCUT2D eigenvalue weighted by atomic mass is 9.79. The van der Waals surface area contributed by atoms with Crippen molar-refractivity contribution in [2.24, 2.45) is 11.8 Å². The fourth-order valence-corrected chi connectivity index (χ4v) is 6.82. The molecule has 1 aromatic rings. The van der Waals surface area contributed by atoms with E-state index in [0.717, 1.165) is 4.90 Å². The Kier molecular flexibility index (Phi) is 6.14. The number of fused-ring (bicyclic) bond motifs is 1. The van der Waals surface area contributed by atoms with Gasteiger partial charge in [-0.1, -0.05) is 6.92 Å². The van der Waals surface area contributed by atoms with Crippen molar-refractivity contribution in [2.45, 2.75) is 31.2 Å². The number of hydrogen-bond acceptors (Lipinski definition) is 11. The van der Waals surface area contributed by atoms with Crippen LogP contribution in [0.15, 0.2) is 16.0 Å². The van der Waals surface area contributed by atoms with E-state index in [-0.39, 0.29) is 28.6 Å². The highest BCUT2D eigenvalue weighted by molar-refractivity contribution is 8.03. The molecule has 13 heteroatoms. The zero-order chi connectivity index (χ0) is 24.2. The van der Waals surface area contributed by atoms with Crippen molar-refractivity contribution in [3.05, 3.63) is 21.7 Å². The Morgan fingerprint density at radius 1 is 1.36 bits per heavy atom. The van der Waals surface area contributed by atoms with Crippen molar-refractivity contribution in [1.82, 2.24) is 14.8 Å². The highest BCUT2D eigenvalue weighted by Gasteiger charge is 2.59. The summed E-state index contributed by atoms with van der Waals surface area (Å²) in [6.07, 6.45) is -0.861. The SMILES string of the molecule is C[C@@H](O)[C@H]1C(=O)N2C(C(=O)[O-])=C(SC3CN(c4nc(C(=O)N(C)CC(=O)[O-])cs4)C3)[C@H](C)[C@H]12. The summed E-state index contributed by atoms with van der Waals surface area (Å²) in [7, 11) is 1.36. The number of carbonyl (C=O) groups excluding carboxylic acids is 4. The average molecular weight is 495 g/mol. The Morgan fingerprint density at radius 3 is 2.61 bits per heavy atom. The summed E-state index contributed by atoms with van der Waals surface area (Å²) in [5.41, 5.74) is 0.0456. The van der Waals surface area contributed by atoms with Crippen LogP contribution in [0, 0.1) is 11.8 Å². The normalized spacial score (nSPS) is 25.5. The van der Waals surface area contributed by atoms with Crippen molar-refractivity contribution < 1.29 is 34.5 Å². The minimum Gasteiger partial charge on any atom is -0.548 e. The summed E-state index contributed by atoms with van der Waals surface area (Å²) in [6.45, 7) is 3.99. The molecule has 3 aliphatic rings. The number of aliphatic hydroxyl groups excluding tert-OH is 1. The number of likely N-dealkylation sites (N-methyl/N-ethyl adjacent to an activating group) is 1. The number of carboxylic acids is 2. The molecule has 4 rings (SSSR count). The van der Waals surface area contributed by atoms with Crippen LogP contribution in [0.4, 0.5) is 5.13 Å². The van der Waals surface area contributed by atoms with Gasteiger partial charge in [-0.25, -0.2) is 4.98 Å². The molecule has 4 atom stereocenters. The van der Waals surface area contributed by atoms with Crippen LogP contribution < -0.4 is 15.1 Å². The molecule has 2 fully saturated rings. The smallest absolute Gasteiger partial charge is 0.273 e. The lowest BCUT2D eigenvalue weighted by molar-refractivity contribution is -0.305. The number of aromatic nitrogens is 1. The second kappa shape index (κ2) is 8.61. The molecule has 3 aliphatic heterocycles. The largest absolute Gasteiger partial charge is 0.548 e. The minimum atomic E-state index is -1.40. The number of β-lactam (4-membered cyclic amide) rings is 1. The molecule has 178 valence electrons. The van der Waals surface area contributed by atoms with Crippen molar-refractivity contribution >= 4 is 52.0 Å². The quantitative estimate of drug-likeness (QED) is 0.390. The van der Waals surface area contributed by atoms with Gasteiger partial charge in [-0.05, 0) is 6.92 Å². The number of thiazole rings is 1. The summed E-state index contributed by atoms with van der Waals surface area (Å²) in [5.74, 6) is -4.51. The van der Waals surface area contributed by atoms with Gasteiger partial charge >= 0.3 is 0 Å². The highest BCUT2D eigenvalue weighted by Crippen LogP contribution is 2.52. The Bertz CT molecular complexity index is 1050. The molecule has 4 heterocycles. The van der Waals surface area contributed by atoms with E-state index >= 15 is 0 Å². The number of amides is 2. The number of anilines is 1. The van der Waals surface area contributed by atoms with Crippen LogP contribution in [0.3, 0.4) is 0 Å². The topological polar surface area (TPSA) is 157 Å². The van der Waals surface area contributed by atoms with Gasteiger partial charge in [0, 0.05) is 41.6 Å². The van der Waals surface area contributed by atoms with E-state index in [1.165, 1.54) is 42.0 Å². The molecule has 33 heavy (non-hydrogen) atoms. The Labute approximate surface area is 197 Å². The molecule has 11 nitrogen and oxygen atoms in total. The van der Waals surface area contributed by atoms with Gasteiger partial charge < -0.3 is 39.6 Å². The van der Waals surface area contributed by atoms with E-state index in [1.807, 2.05) is 11.8 Å². The summed E-state index contributed by atoms with van der Waals surface area (Å²) < 4.78 is 0. The van der Waals surface area contributed by atoms with Gasteiger partial charge in [0.1, 0.15) is 5.69 Å². The second-order valence-corrected chi connectivity index (χ2v) is 10.6. The van der Waals surface area contributed by atoms with E-state index in [4.69, 9.17) is 0 Å². The Hall–Kier alpha value is -2.64. The van der Waals surface area contributed by atoms with Gasteiger partial charge in [0.05, 0.1) is 42.2 Å². The maximum Gasteiger partial charge on any atom is 0.273 e. The van der Waals surface area contributed by atoms with Gasteiger partial charge in [-0.15, -0.1) is 23.1 Å². The first-order valence-corrected chi connectivity index (χ1v) is 12.1. The van der Waals surface area contributed by atoms with E-state index < -0.39 is 42.3 Å². The van der Waals surface area contributed by atoms with Gasteiger partial charge in [0.25, 0.3) is 5.91 Å². The minimum absolute atomic E-state index is 0.0550. The third kappa shape index (κ3) is 3.97. The molecule has 0 aromatic carbocycles. The third-order valence-electron chi connectivity index (χ3n) is 6.14. The standard InChI is InChI=1S/C20H24N4O7S2/c1-8-14-13(9(2)25)18(29)24(14)15(19(30)31)16(8)33-10-4-23(5-10)20-21-11(7-32-20)17(28)22(3)6-12(26)27/h7-10,13-14,25H,4-6H2,1-3H3,(H,26,27)(H,30,31)/p-2/t8-,9-,13-,14-/m1/s1. The molecule has 0 aliphatic carbocycles. The fourth-order valence-electron chi connectivity index (χ4n) is 4.49. The first kappa shape index (κ1) is 23.5. The van der Waals surface area contributed by atoms with E-state index in [1.54, 1.807) is 5.38 Å². The number of carbonyl (C=O) groups is 4. The zero-order valence-electron chi connectivity index (χ0n) is 18.1. The molecule has 2 saturated heterocycles. The lowest BCUT2D eigenvalue weighted by Crippen LogP contribution is -2.64. The van der Waals surface area contributed by atoms with Crippen molar-refractivity contribution in [3.8, 4) is 0 Å². The van der Waals surface area contributed by atoms with Crippen LogP contribution in [-0.4, -0.2) is 87.7 Å². The van der Waals surface area contributed by atoms with Crippen LogP contribution in [-0.2, 0) is 14.4 Å². The van der Waals surface area contributed by atoms with Crippen LogP contribution in [0.5, 0.6) is 0 Å². The number of aliphatic carboxylic acids is 2. The monoisotopic (exact) mass is 494 g/mol. The van der Waals surface area contributed by atoms with Crippen molar-refractivity contribution in [1.29, 1.82) is 0 Å². The molecular formula is C20H22N4O7S2-2. The molecule has 2 amide bonds. The van der Waals surface area contributed by atoms with E-state index in [2.05, 4.69) is 4.98 Å². The van der Waals surface area contributed by atoms with Gasteiger partial charge in [-0.2, -0.15) is 0 Å². The van der Waals surface area contributed by atoms with E-state index in [0.29, 0.717) is 23.1 Å². The summed E-state index contributed by atoms with van der Waals surface area (Å²) in [5, 5.41) is 34.6. The molecule has 0 radical (unpaired) electrons. The summed E-state index contributed by atoms with van der Waals surface area (Å²) in [6, 6.07) is -0.380. The predicted molar refractivity (Wildman–Crippen MR) is 115 cm³/mol. The fraction of sp³-hybridized carbons (Fsp3) is 0.550. The van der Waals surface area contributed by atoms with Crippen LogP contribution >= 0.6 is 23.1 Å². The lowest BCUT2D eigenvalue weighted by Gasteiger charge is -2.47. The summed E-state index contributed by atoms with van der Waals surface area (Å²) in [4.78, 5) is 56.2. The summed E-state index contributed by atoms with van der Waals surface area (Å²) >= 11 is 2.66. The molecular weight excluding hydrogens is 472 g/mol. The number of rotatable bonds is 8. The number of aliphatic hydroxyl groups is 1. The van der Waals surface area contributed by atoms with Crippen LogP contribution in [0.25, 0.3) is 0 Å². The first-order chi connectivity index (χ1) is 15.5. The molecule has 0 saturated carbocycles. The molecule has 1 N–H and O–H groups in total. The second-order valence-electron chi connectivity index (χ2n) is 8.45. The third-order valence-corrected chi connectivity index (χ3v) is 8.49. The number of carboxylic acid groups (broad SMARTS) is 2. The number of nitrogens with zero attached hydrogens (tertiary/aromatic N) is 4. The zero-order valence-corrected chi connectivity index (χ0v) is 19.7. The molecule has 1 aromatic heterocycles. The molecule has 0 unspecified atom stereocenters. The van der Waals surface area contributed by atoms with Crippen molar-refractivity contribution in [3.63, 3.8) is 0 Å². The maximum atomic E-state index is 12.4. The number of hydrogen-bond donors (Lipinski definition) is 1.